The van der Waals surface area contributed by atoms with E-state index in [-0.39, 0.29) is 0 Å². The molecular formula is C17H24N4. The number of benzene rings is 1. The van der Waals surface area contributed by atoms with Crippen LogP contribution in [0.5, 0.6) is 0 Å². The van der Waals surface area contributed by atoms with Gasteiger partial charge in [0.15, 0.2) is 0 Å². The molecule has 0 spiro atoms. The van der Waals surface area contributed by atoms with Crippen molar-refractivity contribution in [3.63, 3.8) is 0 Å². The molecule has 0 atom stereocenters. The minimum atomic E-state index is 0.783. The summed E-state index contributed by atoms with van der Waals surface area (Å²) in [5.41, 5.74) is 3.62. The smallest absolute Gasteiger partial charge is 0.136 e. The van der Waals surface area contributed by atoms with Gasteiger partial charge in [-0.05, 0) is 57.9 Å². The average molecular weight is 284 g/mol. The first-order valence-electron chi connectivity index (χ1n) is 7.48. The number of nitrogens with zero attached hydrogens (tertiary/aromatic N) is 3. The Morgan fingerprint density at radius 3 is 2.29 bits per heavy atom. The zero-order chi connectivity index (χ0) is 15.4. The lowest BCUT2D eigenvalue weighted by molar-refractivity contribution is 0.835. The summed E-state index contributed by atoms with van der Waals surface area (Å²) in [7, 11) is 0. The maximum atomic E-state index is 4.52. The number of nitrogens with one attached hydrogen (secondary N) is 1. The molecule has 0 fully saturated rings. The fourth-order valence-electron chi connectivity index (χ4n) is 2.29. The van der Waals surface area contributed by atoms with Crippen LogP contribution in [0.2, 0.25) is 0 Å². The van der Waals surface area contributed by atoms with E-state index in [0.29, 0.717) is 0 Å². The van der Waals surface area contributed by atoms with Crippen LogP contribution in [0.15, 0.2) is 24.3 Å². The van der Waals surface area contributed by atoms with Crippen molar-refractivity contribution >= 4 is 17.3 Å². The predicted molar refractivity (Wildman–Crippen MR) is 89.5 cm³/mol. The summed E-state index contributed by atoms with van der Waals surface area (Å²) in [4.78, 5) is 11.2. The number of hydrogen-bond acceptors (Lipinski definition) is 4. The van der Waals surface area contributed by atoms with Crippen LogP contribution in [-0.2, 0) is 0 Å². The molecule has 1 heterocycles. The number of hydrogen-bond donors (Lipinski definition) is 1. The first-order chi connectivity index (χ1) is 10.0. The summed E-state index contributed by atoms with van der Waals surface area (Å²) in [6.07, 6.45) is 0. The van der Waals surface area contributed by atoms with Gasteiger partial charge in [-0.3, -0.25) is 0 Å². The van der Waals surface area contributed by atoms with Gasteiger partial charge in [-0.1, -0.05) is 6.07 Å². The molecule has 2 aromatic rings. The van der Waals surface area contributed by atoms with Crippen molar-refractivity contribution in [2.24, 2.45) is 0 Å². The molecule has 0 saturated heterocycles. The van der Waals surface area contributed by atoms with E-state index in [1.807, 2.05) is 13.0 Å². The molecule has 4 heteroatoms. The normalized spacial score (nSPS) is 10.5. The monoisotopic (exact) mass is 284 g/mol. The first kappa shape index (κ1) is 15.3. The van der Waals surface area contributed by atoms with Gasteiger partial charge in [-0.15, -0.1) is 0 Å². The second kappa shape index (κ2) is 6.57. The number of rotatable bonds is 5. The molecule has 0 amide bonds. The van der Waals surface area contributed by atoms with Crippen LogP contribution in [0.1, 0.15) is 30.8 Å². The summed E-state index contributed by atoms with van der Waals surface area (Å²) < 4.78 is 0. The lowest BCUT2D eigenvalue weighted by Crippen LogP contribution is -2.23. The third-order valence-corrected chi connectivity index (χ3v) is 3.69. The van der Waals surface area contributed by atoms with Crippen molar-refractivity contribution in [1.29, 1.82) is 0 Å². The highest BCUT2D eigenvalue weighted by atomic mass is 15.2. The summed E-state index contributed by atoms with van der Waals surface area (Å²) in [5.74, 6) is 2.59. The Bertz CT molecular complexity index is 618. The van der Waals surface area contributed by atoms with Crippen molar-refractivity contribution < 1.29 is 0 Å². The maximum absolute atomic E-state index is 4.52. The van der Waals surface area contributed by atoms with Gasteiger partial charge in [0.05, 0.1) is 0 Å². The Labute approximate surface area is 127 Å². The van der Waals surface area contributed by atoms with Crippen LogP contribution < -0.4 is 10.2 Å². The lowest BCUT2D eigenvalue weighted by atomic mass is 10.1. The van der Waals surface area contributed by atoms with Gasteiger partial charge in [0.1, 0.15) is 17.5 Å². The predicted octanol–water partition coefficient (Wildman–Crippen LogP) is 3.99. The molecule has 0 bridgehead atoms. The fraction of sp³-hybridized carbons (Fsp3) is 0.412. The highest BCUT2D eigenvalue weighted by Crippen LogP contribution is 2.21. The molecule has 4 nitrogen and oxygen atoms in total. The van der Waals surface area contributed by atoms with Gasteiger partial charge in [-0.25, -0.2) is 9.97 Å². The van der Waals surface area contributed by atoms with E-state index in [2.05, 4.69) is 66.1 Å². The van der Waals surface area contributed by atoms with Gasteiger partial charge in [0.2, 0.25) is 0 Å². The molecule has 0 aliphatic rings. The van der Waals surface area contributed by atoms with Crippen LogP contribution in [0.3, 0.4) is 0 Å². The molecular weight excluding hydrogens is 260 g/mol. The van der Waals surface area contributed by atoms with Gasteiger partial charge >= 0.3 is 0 Å². The van der Waals surface area contributed by atoms with E-state index in [1.165, 1.54) is 11.1 Å². The largest absolute Gasteiger partial charge is 0.357 e. The number of anilines is 3. The summed E-state index contributed by atoms with van der Waals surface area (Å²) in [6.45, 7) is 12.3. The maximum Gasteiger partial charge on any atom is 0.136 e. The van der Waals surface area contributed by atoms with Crippen LogP contribution in [-0.4, -0.2) is 23.1 Å². The third kappa shape index (κ3) is 3.72. The second-order valence-electron chi connectivity index (χ2n) is 5.25. The molecule has 0 saturated carbocycles. The standard InChI is InChI=1S/C17H24N4/c1-6-21(7-2)17-11-16(18-14(5)19-17)20-15-9-8-12(3)13(4)10-15/h8-11H,6-7H2,1-5H3,(H,18,19,20). The highest BCUT2D eigenvalue weighted by Gasteiger charge is 2.08. The van der Waals surface area contributed by atoms with Crippen LogP contribution in [0, 0.1) is 20.8 Å². The topological polar surface area (TPSA) is 41.0 Å². The number of aryl methyl sites for hydroxylation is 3. The zero-order valence-electron chi connectivity index (χ0n) is 13.6. The van der Waals surface area contributed by atoms with Gasteiger partial charge in [-0.2, -0.15) is 0 Å². The number of aromatic nitrogens is 2. The van der Waals surface area contributed by atoms with E-state index in [0.717, 1.165) is 36.2 Å². The van der Waals surface area contributed by atoms with Gasteiger partial charge in [0, 0.05) is 24.8 Å². The summed E-state index contributed by atoms with van der Waals surface area (Å²) in [6, 6.07) is 8.35. The van der Waals surface area contributed by atoms with E-state index in [4.69, 9.17) is 0 Å². The Morgan fingerprint density at radius 1 is 0.952 bits per heavy atom. The molecule has 0 unspecified atom stereocenters. The Morgan fingerprint density at radius 2 is 1.67 bits per heavy atom. The van der Waals surface area contributed by atoms with Crippen LogP contribution in [0.4, 0.5) is 17.3 Å². The molecule has 1 N–H and O–H groups in total. The van der Waals surface area contributed by atoms with Gasteiger partial charge < -0.3 is 10.2 Å². The minimum absolute atomic E-state index is 0.783. The Kier molecular flexibility index (Phi) is 4.78. The molecule has 2 rings (SSSR count). The Balaban J connectivity index is 2.29. The second-order valence-corrected chi connectivity index (χ2v) is 5.25. The van der Waals surface area contributed by atoms with Crippen molar-refractivity contribution in [3.8, 4) is 0 Å². The van der Waals surface area contributed by atoms with E-state index in [1.54, 1.807) is 0 Å². The van der Waals surface area contributed by atoms with Crippen molar-refractivity contribution in [2.45, 2.75) is 34.6 Å². The molecule has 21 heavy (non-hydrogen) atoms. The zero-order valence-corrected chi connectivity index (χ0v) is 13.6. The molecule has 0 aliphatic heterocycles. The van der Waals surface area contributed by atoms with E-state index >= 15 is 0 Å². The Hall–Kier alpha value is -2.10. The highest BCUT2D eigenvalue weighted by molar-refractivity contribution is 5.61. The van der Waals surface area contributed by atoms with Crippen LogP contribution >= 0.6 is 0 Å². The third-order valence-electron chi connectivity index (χ3n) is 3.69. The van der Waals surface area contributed by atoms with E-state index < -0.39 is 0 Å². The fourth-order valence-corrected chi connectivity index (χ4v) is 2.29. The first-order valence-corrected chi connectivity index (χ1v) is 7.48. The molecule has 0 radical (unpaired) electrons. The summed E-state index contributed by atoms with van der Waals surface area (Å²) in [5, 5.41) is 3.38. The van der Waals surface area contributed by atoms with Crippen molar-refractivity contribution in [3.05, 3.63) is 41.2 Å². The quantitative estimate of drug-likeness (QED) is 0.901. The van der Waals surface area contributed by atoms with E-state index in [9.17, 15) is 0 Å². The van der Waals surface area contributed by atoms with Crippen molar-refractivity contribution in [1.82, 2.24) is 9.97 Å². The van der Waals surface area contributed by atoms with Crippen molar-refractivity contribution in [2.75, 3.05) is 23.3 Å². The minimum Gasteiger partial charge on any atom is -0.357 e. The lowest BCUT2D eigenvalue weighted by Gasteiger charge is -2.20. The molecule has 112 valence electrons. The van der Waals surface area contributed by atoms with Gasteiger partial charge in [0.25, 0.3) is 0 Å². The van der Waals surface area contributed by atoms with Crippen LogP contribution in [0.25, 0.3) is 0 Å². The SMILES string of the molecule is CCN(CC)c1cc(Nc2ccc(C)c(C)c2)nc(C)n1. The molecule has 0 aliphatic carbocycles. The molecule has 1 aromatic heterocycles. The summed E-state index contributed by atoms with van der Waals surface area (Å²) >= 11 is 0. The molecule has 1 aromatic carbocycles. The average Bonchev–Trinajstić information content (AvgIpc) is 2.44.